The summed E-state index contributed by atoms with van der Waals surface area (Å²) in [5, 5.41) is 0.680. The molecule has 1 atom stereocenters. The number of hydrogen-bond acceptors (Lipinski definition) is 2. The molecule has 1 aromatic carbocycles. The summed E-state index contributed by atoms with van der Waals surface area (Å²) >= 11 is 5.86. The van der Waals surface area contributed by atoms with Gasteiger partial charge in [0.25, 0.3) is 0 Å². The van der Waals surface area contributed by atoms with Crippen molar-refractivity contribution in [2.75, 3.05) is 0 Å². The minimum atomic E-state index is -0.373. The van der Waals surface area contributed by atoms with E-state index in [4.69, 9.17) is 16.3 Å². The number of hydrogen-bond donors (Lipinski definition) is 0. The first-order valence-corrected chi connectivity index (χ1v) is 5.42. The van der Waals surface area contributed by atoms with Gasteiger partial charge in [-0.3, -0.25) is 0 Å². The molecular formula is C13H15ClO2. The lowest BCUT2D eigenvalue weighted by atomic mass is 10.0. The number of carbonyl (C=O) groups excluding carboxylic acids is 1. The monoisotopic (exact) mass is 238 g/mol. The van der Waals surface area contributed by atoms with Gasteiger partial charge in [0.05, 0.1) is 0 Å². The second kappa shape index (κ2) is 5.17. The number of ether oxygens (including phenoxy) is 1. The first-order valence-electron chi connectivity index (χ1n) is 5.04. The molecule has 16 heavy (non-hydrogen) atoms. The molecular weight excluding hydrogens is 224 g/mol. The first kappa shape index (κ1) is 12.8. The molecule has 0 aromatic heterocycles. The van der Waals surface area contributed by atoms with E-state index in [9.17, 15) is 4.79 Å². The molecule has 0 N–H and O–H groups in total. The summed E-state index contributed by atoms with van der Waals surface area (Å²) in [6.07, 6.45) is -0.290. The van der Waals surface area contributed by atoms with Crippen LogP contribution in [-0.2, 0) is 9.53 Å². The standard InChI is InChI=1S/C13H15ClO2/c1-8(2)13(15)16-10(4)12-6-5-11(14)7-9(12)3/h5-7,10H,1H2,2-4H3. The highest BCUT2D eigenvalue weighted by molar-refractivity contribution is 6.30. The third-order valence-corrected chi connectivity index (χ3v) is 2.54. The smallest absolute Gasteiger partial charge is 0.333 e. The van der Waals surface area contributed by atoms with Crippen molar-refractivity contribution in [2.45, 2.75) is 26.9 Å². The SMILES string of the molecule is C=C(C)C(=O)OC(C)c1ccc(Cl)cc1C. The molecule has 0 aliphatic heterocycles. The van der Waals surface area contributed by atoms with Crippen LogP contribution in [0.4, 0.5) is 0 Å². The van der Waals surface area contributed by atoms with Gasteiger partial charge in [-0.15, -0.1) is 0 Å². The van der Waals surface area contributed by atoms with Crippen LogP contribution in [0.3, 0.4) is 0 Å². The fourth-order valence-corrected chi connectivity index (χ4v) is 1.65. The molecule has 0 bridgehead atoms. The van der Waals surface area contributed by atoms with E-state index in [0.717, 1.165) is 11.1 Å². The number of halogens is 1. The summed E-state index contributed by atoms with van der Waals surface area (Å²) in [6.45, 7) is 8.94. The Labute approximate surface area is 101 Å². The lowest BCUT2D eigenvalue weighted by Gasteiger charge is -2.16. The van der Waals surface area contributed by atoms with Crippen molar-refractivity contribution in [3.05, 3.63) is 46.5 Å². The van der Waals surface area contributed by atoms with E-state index < -0.39 is 0 Å². The average Bonchev–Trinajstić information content (AvgIpc) is 2.16. The van der Waals surface area contributed by atoms with E-state index in [2.05, 4.69) is 6.58 Å². The van der Waals surface area contributed by atoms with Crippen molar-refractivity contribution in [3.63, 3.8) is 0 Å². The van der Waals surface area contributed by atoms with Crippen LogP contribution >= 0.6 is 11.6 Å². The molecule has 1 aromatic rings. The van der Waals surface area contributed by atoms with Crippen molar-refractivity contribution in [2.24, 2.45) is 0 Å². The quantitative estimate of drug-likeness (QED) is 0.591. The normalized spacial score (nSPS) is 12.0. The Kier molecular flexibility index (Phi) is 4.13. The number of aryl methyl sites for hydroxylation is 1. The fourth-order valence-electron chi connectivity index (χ4n) is 1.42. The second-order valence-electron chi connectivity index (χ2n) is 3.83. The van der Waals surface area contributed by atoms with Crippen LogP contribution in [0.5, 0.6) is 0 Å². The summed E-state index contributed by atoms with van der Waals surface area (Å²) in [4.78, 5) is 11.4. The van der Waals surface area contributed by atoms with E-state index in [1.54, 1.807) is 13.0 Å². The Bertz CT molecular complexity index is 424. The Hall–Kier alpha value is -1.28. The van der Waals surface area contributed by atoms with Crippen LogP contribution in [-0.4, -0.2) is 5.97 Å². The van der Waals surface area contributed by atoms with E-state index in [0.29, 0.717) is 10.6 Å². The molecule has 3 heteroatoms. The molecule has 1 rings (SSSR count). The van der Waals surface area contributed by atoms with Gasteiger partial charge in [-0.2, -0.15) is 0 Å². The van der Waals surface area contributed by atoms with Gasteiger partial charge in [-0.05, 0) is 44.0 Å². The Morgan fingerprint density at radius 3 is 2.62 bits per heavy atom. The molecule has 0 fully saturated rings. The summed E-state index contributed by atoms with van der Waals surface area (Å²) in [5.41, 5.74) is 2.37. The molecule has 86 valence electrons. The maximum absolute atomic E-state index is 11.4. The van der Waals surface area contributed by atoms with Crippen LogP contribution < -0.4 is 0 Å². The van der Waals surface area contributed by atoms with Crippen LogP contribution in [0.2, 0.25) is 5.02 Å². The maximum atomic E-state index is 11.4. The Morgan fingerprint density at radius 1 is 1.50 bits per heavy atom. The second-order valence-corrected chi connectivity index (χ2v) is 4.27. The van der Waals surface area contributed by atoms with Crippen molar-refractivity contribution in [3.8, 4) is 0 Å². The van der Waals surface area contributed by atoms with E-state index >= 15 is 0 Å². The fraction of sp³-hybridized carbons (Fsp3) is 0.308. The lowest BCUT2D eigenvalue weighted by molar-refractivity contribution is -0.143. The first-order chi connectivity index (χ1) is 7.41. The molecule has 0 saturated carbocycles. The van der Waals surface area contributed by atoms with Crippen molar-refractivity contribution in [1.82, 2.24) is 0 Å². The maximum Gasteiger partial charge on any atom is 0.333 e. The third-order valence-electron chi connectivity index (χ3n) is 2.30. The van der Waals surface area contributed by atoms with Gasteiger partial charge in [-0.25, -0.2) is 4.79 Å². The molecule has 0 amide bonds. The predicted octanol–water partition coefficient (Wildman–Crippen LogP) is 3.83. The minimum absolute atomic E-state index is 0.290. The number of rotatable bonds is 3. The topological polar surface area (TPSA) is 26.3 Å². The van der Waals surface area contributed by atoms with Crippen molar-refractivity contribution >= 4 is 17.6 Å². The van der Waals surface area contributed by atoms with Gasteiger partial charge < -0.3 is 4.74 Å². The highest BCUT2D eigenvalue weighted by Crippen LogP contribution is 2.24. The molecule has 0 saturated heterocycles. The molecule has 1 unspecified atom stereocenters. The van der Waals surface area contributed by atoms with Gasteiger partial charge in [0.2, 0.25) is 0 Å². The highest BCUT2D eigenvalue weighted by atomic mass is 35.5. The van der Waals surface area contributed by atoms with Gasteiger partial charge in [0, 0.05) is 10.6 Å². The predicted molar refractivity (Wildman–Crippen MR) is 65.5 cm³/mol. The zero-order valence-corrected chi connectivity index (χ0v) is 10.5. The van der Waals surface area contributed by atoms with Crippen molar-refractivity contribution < 1.29 is 9.53 Å². The lowest BCUT2D eigenvalue weighted by Crippen LogP contribution is -2.10. The number of carbonyl (C=O) groups is 1. The molecule has 0 heterocycles. The zero-order valence-electron chi connectivity index (χ0n) is 9.71. The molecule has 0 aliphatic rings. The van der Waals surface area contributed by atoms with Crippen LogP contribution in [0.15, 0.2) is 30.4 Å². The van der Waals surface area contributed by atoms with E-state index in [1.165, 1.54) is 0 Å². The number of benzene rings is 1. The molecule has 0 aliphatic carbocycles. The summed E-state index contributed by atoms with van der Waals surface area (Å²) in [7, 11) is 0. The van der Waals surface area contributed by atoms with Crippen LogP contribution in [0.25, 0.3) is 0 Å². The Balaban J connectivity index is 2.84. The molecule has 0 radical (unpaired) electrons. The van der Waals surface area contributed by atoms with E-state index in [1.807, 2.05) is 26.0 Å². The van der Waals surface area contributed by atoms with Crippen LogP contribution in [0.1, 0.15) is 31.1 Å². The van der Waals surface area contributed by atoms with Gasteiger partial charge in [0.1, 0.15) is 6.10 Å². The zero-order chi connectivity index (χ0) is 12.3. The summed E-state index contributed by atoms with van der Waals surface area (Å²) in [5.74, 6) is -0.373. The molecule has 0 spiro atoms. The average molecular weight is 239 g/mol. The highest BCUT2D eigenvalue weighted by Gasteiger charge is 2.14. The summed E-state index contributed by atoms with van der Waals surface area (Å²) < 4.78 is 5.24. The van der Waals surface area contributed by atoms with Crippen molar-refractivity contribution in [1.29, 1.82) is 0 Å². The van der Waals surface area contributed by atoms with Crippen LogP contribution in [0, 0.1) is 6.92 Å². The largest absolute Gasteiger partial charge is 0.454 e. The molecule has 2 nitrogen and oxygen atoms in total. The van der Waals surface area contributed by atoms with Gasteiger partial charge >= 0.3 is 5.97 Å². The van der Waals surface area contributed by atoms with Gasteiger partial charge in [-0.1, -0.05) is 24.2 Å². The number of esters is 1. The summed E-state index contributed by atoms with van der Waals surface area (Å²) in [6, 6.07) is 5.50. The van der Waals surface area contributed by atoms with Gasteiger partial charge in [0.15, 0.2) is 0 Å². The van der Waals surface area contributed by atoms with E-state index in [-0.39, 0.29) is 12.1 Å². The minimum Gasteiger partial charge on any atom is -0.454 e. The Morgan fingerprint density at radius 2 is 2.12 bits per heavy atom. The third kappa shape index (κ3) is 3.11.